The van der Waals surface area contributed by atoms with Gasteiger partial charge in [-0.3, -0.25) is 13.8 Å². The maximum Gasteiger partial charge on any atom is 0.472 e. The lowest BCUT2D eigenvalue weighted by atomic mass is 10.0. The molecule has 1 unspecified atom stereocenters. The Bertz CT molecular complexity index is 497. The van der Waals surface area contributed by atoms with Crippen molar-refractivity contribution in [2.24, 2.45) is 0 Å². The molecule has 0 bridgehead atoms. The van der Waals surface area contributed by atoms with E-state index >= 15 is 0 Å². The highest BCUT2D eigenvalue weighted by molar-refractivity contribution is 7.47. The number of nitrogens with one attached hydrogen (secondary N) is 1. The summed E-state index contributed by atoms with van der Waals surface area (Å²) in [5.41, 5.74) is 0. The van der Waals surface area contributed by atoms with Crippen molar-refractivity contribution in [3.05, 3.63) is 0 Å². The molecule has 0 aliphatic heterocycles. The van der Waals surface area contributed by atoms with Gasteiger partial charge in [0.1, 0.15) is 13.2 Å². The third-order valence-electron chi connectivity index (χ3n) is 5.42. The number of likely N-dealkylation sites (N-methyl/N-ethyl adjacent to an activating group) is 1. The topological polar surface area (TPSA) is 84.9 Å². The van der Waals surface area contributed by atoms with Crippen molar-refractivity contribution in [1.29, 1.82) is 0 Å². The number of carbonyl (C=O) groups is 1. The Morgan fingerprint density at radius 2 is 1.25 bits per heavy atom. The summed E-state index contributed by atoms with van der Waals surface area (Å²) >= 11 is 0. The molecule has 0 saturated heterocycles. The minimum absolute atomic E-state index is 0.0412. The maximum absolute atomic E-state index is 11.9. The quantitative estimate of drug-likeness (QED) is 0.110. The van der Waals surface area contributed by atoms with Crippen molar-refractivity contribution in [1.82, 2.24) is 5.32 Å². The first-order valence-electron chi connectivity index (χ1n) is 12.9. The predicted molar refractivity (Wildman–Crippen MR) is 133 cm³/mol. The lowest BCUT2D eigenvalue weighted by molar-refractivity contribution is -0.870. The lowest BCUT2D eigenvalue weighted by Gasteiger charge is -2.24. The van der Waals surface area contributed by atoms with Gasteiger partial charge in [0.25, 0.3) is 0 Å². The van der Waals surface area contributed by atoms with Crippen LogP contribution in [0.25, 0.3) is 0 Å². The molecule has 192 valence electrons. The zero-order chi connectivity index (χ0) is 24.1. The van der Waals surface area contributed by atoms with Gasteiger partial charge in [0.2, 0.25) is 5.91 Å². The number of carbonyl (C=O) groups excluding carboxylic acids is 1. The molecule has 0 aliphatic carbocycles. The fourth-order valence-corrected chi connectivity index (χ4v) is 4.09. The summed E-state index contributed by atoms with van der Waals surface area (Å²) in [5, 5.41) is 2.84. The van der Waals surface area contributed by atoms with Crippen molar-refractivity contribution in [2.75, 3.05) is 47.4 Å². The van der Waals surface area contributed by atoms with Gasteiger partial charge >= 0.3 is 7.82 Å². The van der Waals surface area contributed by atoms with E-state index in [0.717, 1.165) is 12.8 Å². The van der Waals surface area contributed by atoms with Crippen molar-refractivity contribution >= 4 is 13.7 Å². The molecule has 1 amide bonds. The van der Waals surface area contributed by atoms with Gasteiger partial charge in [-0.15, -0.1) is 0 Å². The third kappa shape index (κ3) is 24.2. The summed E-state index contributed by atoms with van der Waals surface area (Å²) in [6, 6.07) is 0. The first-order chi connectivity index (χ1) is 15.2. The smallest absolute Gasteiger partial charge is 0.356 e. The first kappa shape index (κ1) is 31.5. The summed E-state index contributed by atoms with van der Waals surface area (Å²) < 4.78 is 22.3. The van der Waals surface area contributed by atoms with Crippen LogP contribution in [-0.2, 0) is 18.4 Å². The van der Waals surface area contributed by atoms with E-state index in [1.54, 1.807) is 0 Å². The molecule has 0 aromatic carbocycles. The van der Waals surface area contributed by atoms with Crippen LogP contribution in [0.5, 0.6) is 0 Å². The second kappa shape index (κ2) is 20.0. The van der Waals surface area contributed by atoms with Crippen LogP contribution in [-0.4, -0.2) is 62.7 Å². The molecule has 0 radical (unpaired) electrons. The van der Waals surface area contributed by atoms with Crippen LogP contribution in [0.4, 0.5) is 0 Å². The van der Waals surface area contributed by atoms with Crippen molar-refractivity contribution in [2.45, 2.75) is 103 Å². The number of amides is 1. The summed E-state index contributed by atoms with van der Waals surface area (Å²) in [6.45, 7) is 3.55. The molecule has 1 atom stereocenters. The van der Waals surface area contributed by atoms with Crippen LogP contribution in [0.3, 0.4) is 0 Å². The average molecular weight is 480 g/mol. The number of nitrogens with zero attached hydrogens (tertiary/aromatic N) is 1. The van der Waals surface area contributed by atoms with Gasteiger partial charge in [-0.1, -0.05) is 84.0 Å². The zero-order valence-electron chi connectivity index (χ0n) is 21.4. The van der Waals surface area contributed by atoms with Gasteiger partial charge in [0.05, 0.1) is 27.7 Å². The number of hydrogen-bond acceptors (Lipinski definition) is 4. The van der Waals surface area contributed by atoms with Crippen molar-refractivity contribution in [3.63, 3.8) is 0 Å². The number of quaternary nitrogens is 1. The Morgan fingerprint density at radius 3 is 1.75 bits per heavy atom. The second-order valence-corrected chi connectivity index (χ2v) is 11.3. The van der Waals surface area contributed by atoms with E-state index in [0.29, 0.717) is 30.4 Å². The van der Waals surface area contributed by atoms with E-state index in [4.69, 9.17) is 9.05 Å². The van der Waals surface area contributed by atoms with E-state index < -0.39 is 7.82 Å². The molecule has 32 heavy (non-hydrogen) atoms. The highest BCUT2D eigenvalue weighted by atomic mass is 31.2. The Hall–Kier alpha value is -0.460. The van der Waals surface area contributed by atoms with Gasteiger partial charge in [-0.25, -0.2) is 4.57 Å². The zero-order valence-corrected chi connectivity index (χ0v) is 22.3. The second-order valence-electron chi connectivity index (χ2n) is 9.85. The van der Waals surface area contributed by atoms with Gasteiger partial charge in [-0.2, -0.15) is 0 Å². The monoisotopic (exact) mass is 479 g/mol. The van der Waals surface area contributed by atoms with E-state index in [-0.39, 0.29) is 19.1 Å². The molecule has 0 aromatic heterocycles. The Balaban J connectivity index is 3.42. The number of unbranched alkanes of at least 4 members (excludes halogenated alkanes) is 12. The van der Waals surface area contributed by atoms with Gasteiger partial charge in [-0.05, 0) is 12.8 Å². The van der Waals surface area contributed by atoms with Gasteiger partial charge in [0, 0.05) is 13.0 Å². The van der Waals surface area contributed by atoms with Crippen molar-refractivity contribution < 1.29 is 27.8 Å². The largest absolute Gasteiger partial charge is 0.472 e. The van der Waals surface area contributed by atoms with Gasteiger partial charge in [0.15, 0.2) is 0 Å². The molecule has 2 N–H and O–H groups in total. The van der Waals surface area contributed by atoms with Crippen LogP contribution >= 0.6 is 7.82 Å². The van der Waals surface area contributed by atoms with Crippen LogP contribution < -0.4 is 5.32 Å². The Morgan fingerprint density at radius 1 is 0.781 bits per heavy atom. The summed E-state index contributed by atoms with van der Waals surface area (Å²) in [7, 11) is 1.93. The van der Waals surface area contributed by atoms with Crippen LogP contribution in [0, 0.1) is 0 Å². The molecule has 0 aromatic rings. The Kier molecular flexibility index (Phi) is 19.7. The summed E-state index contributed by atoms with van der Waals surface area (Å²) in [5.74, 6) is 0.0412. The molecular formula is C24H52N2O5P+. The number of phosphoric acid groups is 1. The lowest BCUT2D eigenvalue weighted by Crippen LogP contribution is -2.37. The molecule has 0 spiro atoms. The number of phosphoric ester groups is 1. The van der Waals surface area contributed by atoms with E-state index in [1.165, 1.54) is 70.6 Å². The molecule has 0 fully saturated rings. The predicted octanol–water partition coefficient (Wildman–Crippen LogP) is 5.81. The number of hydrogen-bond donors (Lipinski definition) is 2. The minimum atomic E-state index is -4.01. The van der Waals surface area contributed by atoms with E-state index in [2.05, 4.69) is 12.2 Å². The van der Waals surface area contributed by atoms with E-state index in [9.17, 15) is 14.3 Å². The molecule has 0 aliphatic rings. The van der Waals surface area contributed by atoms with Crippen LogP contribution in [0.2, 0.25) is 0 Å². The molecular weight excluding hydrogens is 427 g/mol. The average Bonchev–Trinajstić information content (AvgIpc) is 2.70. The van der Waals surface area contributed by atoms with E-state index in [1.807, 2.05) is 21.1 Å². The molecule has 0 heterocycles. The maximum atomic E-state index is 11.9. The Labute approximate surface area is 197 Å². The fraction of sp³-hybridized carbons (Fsp3) is 0.958. The summed E-state index contributed by atoms with van der Waals surface area (Å²) in [6.07, 6.45) is 17.8. The minimum Gasteiger partial charge on any atom is -0.356 e. The number of rotatable bonds is 23. The third-order valence-corrected chi connectivity index (χ3v) is 6.44. The van der Waals surface area contributed by atoms with Crippen molar-refractivity contribution in [3.8, 4) is 0 Å². The molecule has 8 heteroatoms. The SMILES string of the molecule is CCCCCCCCCCCCCCCC(=O)NCCCOP(=O)(O)OCC[N+](C)(C)C. The highest BCUT2D eigenvalue weighted by Crippen LogP contribution is 2.43. The molecule has 0 saturated carbocycles. The fourth-order valence-electron chi connectivity index (χ4n) is 3.34. The summed E-state index contributed by atoms with van der Waals surface area (Å²) in [4.78, 5) is 21.5. The van der Waals surface area contributed by atoms with Gasteiger partial charge < -0.3 is 14.7 Å². The first-order valence-corrected chi connectivity index (χ1v) is 14.3. The van der Waals surface area contributed by atoms with Crippen LogP contribution in [0.1, 0.15) is 103 Å². The highest BCUT2D eigenvalue weighted by Gasteiger charge is 2.22. The molecule has 0 rings (SSSR count). The normalized spacial score (nSPS) is 13.8. The van der Waals surface area contributed by atoms with Crippen LogP contribution in [0.15, 0.2) is 0 Å². The molecule has 7 nitrogen and oxygen atoms in total. The standard InChI is InChI=1S/C24H51N2O5P/c1-5-6-7-8-9-10-11-12-13-14-15-16-17-19-24(27)25-20-18-22-30-32(28,29)31-23-21-26(2,3)4/h5-23H2,1-4H3,(H-,25,27,28,29)/p+1.